The van der Waals surface area contributed by atoms with Crippen molar-refractivity contribution in [3.8, 4) is 17.2 Å². The fourth-order valence-electron chi connectivity index (χ4n) is 4.49. The molecule has 1 aliphatic rings. The number of hydrogen-bond donors (Lipinski definition) is 1. The summed E-state index contributed by atoms with van der Waals surface area (Å²) in [5.74, 6) is 1.29. The number of carbonyl (C=O) groups is 1. The minimum Gasteiger partial charge on any atom is -0.493 e. The Labute approximate surface area is 210 Å². The molecule has 0 amide bonds. The Morgan fingerprint density at radius 1 is 0.944 bits per heavy atom. The number of carboxylic acid groups (broad SMARTS) is 1. The Hall–Kier alpha value is -4.16. The summed E-state index contributed by atoms with van der Waals surface area (Å²) in [5.41, 5.74) is 5.23. The molecule has 0 spiro atoms. The summed E-state index contributed by atoms with van der Waals surface area (Å²) in [5, 5.41) is 9.78. The molecule has 1 aliphatic heterocycles. The van der Waals surface area contributed by atoms with Crippen LogP contribution in [0.3, 0.4) is 0 Å². The number of aliphatic carboxylic acids is 1. The summed E-state index contributed by atoms with van der Waals surface area (Å²) in [6, 6.07) is 27.6. The highest BCUT2D eigenvalue weighted by Gasteiger charge is 2.27. The van der Waals surface area contributed by atoms with E-state index in [0.717, 1.165) is 40.4 Å². The lowest BCUT2D eigenvalue weighted by Gasteiger charge is -2.16. The van der Waals surface area contributed by atoms with Gasteiger partial charge in [-0.1, -0.05) is 60.7 Å². The summed E-state index contributed by atoms with van der Waals surface area (Å²) in [7, 11) is 0. The second-order valence-electron chi connectivity index (χ2n) is 8.90. The Balaban J connectivity index is 1.20. The van der Waals surface area contributed by atoms with E-state index >= 15 is 0 Å². The van der Waals surface area contributed by atoms with Gasteiger partial charge >= 0.3 is 5.97 Å². The van der Waals surface area contributed by atoms with Gasteiger partial charge in [-0.05, 0) is 47.9 Å². The van der Waals surface area contributed by atoms with Gasteiger partial charge in [-0.25, -0.2) is 9.78 Å². The van der Waals surface area contributed by atoms with Crippen molar-refractivity contribution >= 4 is 11.5 Å². The third-order valence-electron chi connectivity index (χ3n) is 6.36. The van der Waals surface area contributed by atoms with Crippen molar-refractivity contribution in [3.05, 3.63) is 113 Å². The van der Waals surface area contributed by atoms with E-state index in [0.29, 0.717) is 37.6 Å². The zero-order valence-electron chi connectivity index (χ0n) is 20.2. The fraction of sp³-hybridized carbons (Fsp3) is 0.200. The molecule has 1 N–H and O–H groups in total. The summed E-state index contributed by atoms with van der Waals surface area (Å²) in [6.07, 6.45) is 0.632. The molecule has 0 fully saturated rings. The van der Waals surface area contributed by atoms with Gasteiger partial charge in [-0.3, -0.25) is 4.90 Å². The minimum absolute atomic E-state index is 0.430. The standard InChI is InChI=1S/C30H28N2O4/c1-21-28(31-29(36-21)24-10-6-3-7-11-24)16-17-35-25-14-12-23(13-15-25)26-19-32(20-27(26)30(33)34)18-22-8-4-2-5-9-22/h2-15H,16-20H2,1H3,(H,33,34). The zero-order valence-corrected chi connectivity index (χ0v) is 20.2. The molecule has 0 radical (unpaired) electrons. The quantitative estimate of drug-likeness (QED) is 0.335. The summed E-state index contributed by atoms with van der Waals surface area (Å²) in [4.78, 5) is 18.7. The highest BCUT2D eigenvalue weighted by Crippen LogP contribution is 2.29. The van der Waals surface area contributed by atoms with E-state index in [1.165, 1.54) is 5.56 Å². The van der Waals surface area contributed by atoms with Gasteiger partial charge in [0.25, 0.3) is 0 Å². The van der Waals surface area contributed by atoms with Crippen LogP contribution in [0.5, 0.6) is 5.75 Å². The lowest BCUT2D eigenvalue weighted by molar-refractivity contribution is -0.132. The van der Waals surface area contributed by atoms with E-state index in [2.05, 4.69) is 22.0 Å². The zero-order chi connectivity index (χ0) is 24.9. The number of aryl methyl sites for hydroxylation is 1. The largest absolute Gasteiger partial charge is 0.493 e. The average Bonchev–Trinajstić information content (AvgIpc) is 3.49. The van der Waals surface area contributed by atoms with E-state index in [-0.39, 0.29) is 0 Å². The number of hydrogen-bond acceptors (Lipinski definition) is 5. The summed E-state index contributed by atoms with van der Waals surface area (Å²) < 4.78 is 11.8. The Kier molecular flexibility index (Phi) is 6.96. The number of ether oxygens (including phenoxy) is 1. The first-order valence-corrected chi connectivity index (χ1v) is 12.0. The van der Waals surface area contributed by atoms with E-state index in [4.69, 9.17) is 9.15 Å². The van der Waals surface area contributed by atoms with Gasteiger partial charge in [0.15, 0.2) is 0 Å². The molecule has 0 unspecified atom stereocenters. The maximum absolute atomic E-state index is 11.9. The SMILES string of the molecule is Cc1oc(-c2ccccc2)nc1CCOc1ccc(C2=C(C(=O)O)CN(Cc3ccccc3)C2)cc1. The normalized spacial score (nSPS) is 13.8. The second-order valence-corrected chi connectivity index (χ2v) is 8.90. The average molecular weight is 481 g/mol. The molecule has 1 aromatic heterocycles. The number of oxazole rings is 1. The topological polar surface area (TPSA) is 75.8 Å². The van der Waals surface area contributed by atoms with Gasteiger partial charge in [0.1, 0.15) is 11.5 Å². The van der Waals surface area contributed by atoms with Crippen molar-refractivity contribution in [2.75, 3.05) is 19.7 Å². The fourth-order valence-corrected chi connectivity index (χ4v) is 4.49. The van der Waals surface area contributed by atoms with Gasteiger partial charge in [0.2, 0.25) is 5.89 Å². The molecule has 5 rings (SSSR count). The predicted octanol–water partition coefficient (Wildman–Crippen LogP) is 5.63. The van der Waals surface area contributed by atoms with Crippen molar-refractivity contribution in [1.29, 1.82) is 0 Å². The van der Waals surface area contributed by atoms with Gasteiger partial charge in [-0.15, -0.1) is 0 Å². The molecular weight excluding hydrogens is 452 g/mol. The van der Waals surface area contributed by atoms with Crippen LogP contribution in [0.1, 0.15) is 22.6 Å². The van der Waals surface area contributed by atoms with E-state index in [1.807, 2.05) is 79.7 Å². The van der Waals surface area contributed by atoms with Crippen molar-refractivity contribution in [3.63, 3.8) is 0 Å². The van der Waals surface area contributed by atoms with E-state index in [9.17, 15) is 9.90 Å². The summed E-state index contributed by atoms with van der Waals surface area (Å²) in [6.45, 7) is 4.14. The van der Waals surface area contributed by atoms with Crippen LogP contribution in [0.2, 0.25) is 0 Å². The Morgan fingerprint density at radius 3 is 2.33 bits per heavy atom. The molecule has 0 bridgehead atoms. The first kappa shape index (κ1) is 23.6. The predicted molar refractivity (Wildman–Crippen MR) is 139 cm³/mol. The van der Waals surface area contributed by atoms with Gasteiger partial charge in [0.05, 0.1) is 17.9 Å². The number of benzene rings is 3. The Morgan fingerprint density at radius 2 is 1.64 bits per heavy atom. The second kappa shape index (κ2) is 10.6. The van der Waals surface area contributed by atoms with Crippen LogP contribution in [0.4, 0.5) is 0 Å². The van der Waals surface area contributed by atoms with Crippen LogP contribution in [0.25, 0.3) is 17.0 Å². The molecule has 4 aromatic rings. The van der Waals surface area contributed by atoms with Crippen LogP contribution in [-0.4, -0.2) is 40.7 Å². The van der Waals surface area contributed by atoms with Crippen molar-refractivity contribution < 1.29 is 19.1 Å². The van der Waals surface area contributed by atoms with E-state index in [1.54, 1.807) is 0 Å². The number of nitrogens with zero attached hydrogens (tertiary/aromatic N) is 2. The highest BCUT2D eigenvalue weighted by molar-refractivity contribution is 5.98. The third-order valence-corrected chi connectivity index (χ3v) is 6.36. The third kappa shape index (κ3) is 5.39. The molecule has 2 heterocycles. The summed E-state index contributed by atoms with van der Waals surface area (Å²) >= 11 is 0. The van der Waals surface area contributed by atoms with Crippen LogP contribution in [0, 0.1) is 6.92 Å². The Bertz CT molecular complexity index is 1360. The monoisotopic (exact) mass is 480 g/mol. The number of rotatable bonds is 9. The molecule has 0 saturated heterocycles. The smallest absolute Gasteiger partial charge is 0.333 e. The lowest BCUT2D eigenvalue weighted by Crippen LogP contribution is -2.21. The minimum atomic E-state index is -0.862. The van der Waals surface area contributed by atoms with Crippen molar-refractivity contribution in [1.82, 2.24) is 9.88 Å². The molecule has 6 heteroatoms. The van der Waals surface area contributed by atoms with E-state index < -0.39 is 5.97 Å². The van der Waals surface area contributed by atoms with Crippen LogP contribution in [-0.2, 0) is 17.8 Å². The van der Waals surface area contributed by atoms with Crippen LogP contribution < -0.4 is 4.74 Å². The first-order chi connectivity index (χ1) is 17.6. The maximum Gasteiger partial charge on any atom is 0.333 e. The molecule has 6 nitrogen and oxygen atoms in total. The highest BCUT2D eigenvalue weighted by atomic mass is 16.5. The molecule has 0 atom stereocenters. The molecule has 3 aromatic carbocycles. The number of carboxylic acids is 1. The molecule has 182 valence electrons. The molecule has 0 aliphatic carbocycles. The molecule has 36 heavy (non-hydrogen) atoms. The van der Waals surface area contributed by atoms with Crippen molar-refractivity contribution in [2.24, 2.45) is 0 Å². The van der Waals surface area contributed by atoms with Gasteiger partial charge < -0.3 is 14.3 Å². The van der Waals surface area contributed by atoms with Gasteiger partial charge in [0, 0.05) is 31.6 Å². The molecular formula is C30H28N2O4. The van der Waals surface area contributed by atoms with Crippen LogP contribution >= 0.6 is 0 Å². The van der Waals surface area contributed by atoms with Crippen molar-refractivity contribution in [2.45, 2.75) is 19.9 Å². The first-order valence-electron chi connectivity index (χ1n) is 12.0. The lowest BCUT2D eigenvalue weighted by atomic mass is 10.0. The van der Waals surface area contributed by atoms with Crippen LogP contribution in [0.15, 0.2) is 94.9 Å². The van der Waals surface area contributed by atoms with Gasteiger partial charge in [-0.2, -0.15) is 0 Å². The number of aromatic nitrogens is 1. The maximum atomic E-state index is 11.9. The molecule has 0 saturated carbocycles.